The molecule has 1 aromatic heterocycles. The summed E-state index contributed by atoms with van der Waals surface area (Å²) in [5.74, 6) is 1.67. The van der Waals surface area contributed by atoms with E-state index in [1.807, 2.05) is 39.8 Å². The molecule has 1 N–H and O–H groups in total. The molecule has 7 nitrogen and oxygen atoms in total. The van der Waals surface area contributed by atoms with Crippen LogP contribution in [0.5, 0.6) is 17.2 Å². The summed E-state index contributed by atoms with van der Waals surface area (Å²) in [6.45, 7) is 8.77. The van der Waals surface area contributed by atoms with Crippen LogP contribution in [0.4, 0.5) is 0 Å². The molecule has 31 heavy (non-hydrogen) atoms. The number of hydrazone groups is 1. The van der Waals surface area contributed by atoms with Crippen molar-refractivity contribution in [3.8, 4) is 17.2 Å². The van der Waals surface area contributed by atoms with E-state index in [4.69, 9.17) is 18.6 Å². The topological polar surface area (TPSA) is 82.3 Å². The third kappa shape index (κ3) is 5.79. The molecule has 1 heterocycles. The number of carbonyl (C=O) groups is 1. The highest BCUT2D eigenvalue weighted by Crippen LogP contribution is 2.37. The first kappa shape index (κ1) is 22.7. The molecular formula is C23H25BrN2O5. The molecule has 0 aliphatic carbocycles. The van der Waals surface area contributed by atoms with Crippen molar-refractivity contribution >= 4 is 39.0 Å². The van der Waals surface area contributed by atoms with Crippen LogP contribution in [0.2, 0.25) is 0 Å². The number of amides is 1. The molecule has 164 valence electrons. The van der Waals surface area contributed by atoms with Crippen LogP contribution in [0.15, 0.2) is 50.4 Å². The summed E-state index contributed by atoms with van der Waals surface area (Å²) in [6, 6.07) is 10.7. The molecular weight excluding hydrogens is 464 g/mol. The number of ether oxygens (including phenoxy) is 3. The van der Waals surface area contributed by atoms with Gasteiger partial charge in [0.15, 0.2) is 17.3 Å². The van der Waals surface area contributed by atoms with E-state index < -0.39 is 5.91 Å². The number of rotatable bonds is 9. The predicted octanol–water partition coefficient (Wildman–Crippen LogP) is 5.54. The van der Waals surface area contributed by atoms with Gasteiger partial charge in [0.1, 0.15) is 11.3 Å². The minimum Gasteiger partial charge on any atom is -0.494 e. The summed E-state index contributed by atoms with van der Waals surface area (Å²) in [5.41, 5.74) is 3.82. The third-order valence-electron chi connectivity index (χ3n) is 4.09. The van der Waals surface area contributed by atoms with Crippen LogP contribution in [0.25, 0.3) is 11.0 Å². The lowest BCUT2D eigenvalue weighted by atomic mass is 10.2. The van der Waals surface area contributed by atoms with Gasteiger partial charge >= 0.3 is 5.91 Å². The quantitative estimate of drug-likeness (QED) is 0.315. The van der Waals surface area contributed by atoms with E-state index in [2.05, 4.69) is 26.5 Å². The van der Waals surface area contributed by atoms with Crippen molar-refractivity contribution in [3.05, 3.63) is 52.2 Å². The lowest BCUT2D eigenvalue weighted by Crippen LogP contribution is -2.16. The lowest BCUT2D eigenvalue weighted by molar-refractivity contribution is 0.0929. The SMILES string of the molecule is CCOc1ccc2oc(C(=O)N/N=C/c3cc(Br)c(OC(C)C)c(OCC)c3)cc2c1. The van der Waals surface area contributed by atoms with E-state index in [1.54, 1.807) is 24.3 Å². The Bertz CT molecular complexity index is 1090. The van der Waals surface area contributed by atoms with Crippen LogP contribution in [0.3, 0.4) is 0 Å². The fourth-order valence-corrected chi connectivity index (χ4v) is 3.44. The molecule has 0 bridgehead atoms. The van der Waals surface area contributed by atoms with Crippen molar-refractivity contribution in [3.63, 3.8) is 0 Å². The van der Waals surface area contributed by atoms with Crippen molar-refractivity contribution in [1.29, 1.82) is 0 Å². The van der Waals surface area contributed by atoms with Crippen LogP contribution in [0.1, 0.15) is 43.8 Å². The van der Waals surface area contributed by atoms with Crippen molar-refractivity contribution < 1.29 is 23.4 Å². The summed E-state index contributed by atoms with van der Waals surface area (Å²) in [5, 5.41) is 4.83. The summed E-state index contributed by atoms with van der Waals surface area (Å²) in [6.07, 6.45) is 1.53. The largest absolute Gasteiger partial charge is 0.494 e. The van der Waals surface area contributed by atoms with Crippen molar-refractivity contribution in [2.24, 2.45) is 5.10 Å². The van der Waals surface area contributed by atoms with E-state index in [0.717, 1.165) is 21.2 Å². The predicted molar refractivity (Wildman–Crippen MR) is 124 cm³/mol. The van der Waals surface area contributed by atoms with Crippen molar-refractivity contribution in [2.45, 2.75) is 33.8 Å². The second-order valence-electron chi connectivity index (χ2n) is 6.87. The van der Waals surface area contributed by atoms with Crippen LogP contribution in [-0.4, -0.2) is 31.4 Å². The van der Waals surface area contributed by atoms with E-state index in [1.165, 1.54) is 6.21 Å². The molecule has 1 amide bonds. The molecule has 0 saturated carbocycles. The highest BCUT2D eigenvalue weighted by molar-refractivity contribution is 9.10. The molecule has 0 unspecified atom stereocenters. The van der Waals surface area contributed by atoms with Gasteiger partial charge in [-0.25, -0.2) is 5.43 Å². The van der Waals surface area contributed by atoms with Gasteiger partial charge in [0.05, 0.1) is 30.0 Å². The minimum atomic E-state index is -0.450. The Morgan fingerprint density at radius 1 is 1.16 bits per heavy atom. The molecule has 2 aromatic carbocycles. The Morgan fingerprint density at radius 3 is 2.65 bits per heavy atom. The number of nitrogens with one attached hydrogen (secondary N) is 1. The normalized spacial score (nSPS) is 11.3. The second kappa shape index (κ2) is 10.3. The third-order valence-corrected chi connectivity index (χ3v) is 4.68. The Morgan fingerprint density at radius 2 is 1.94 bits per heavy atom. The maximum absolute atomic E-state index is 12.4. The summed E-state index contributed by atoms with van der Waals surface area (Å²) in [7, 11) is 0. The van der Waals surface area contributed by atoms with Crippen LogP contribution < -0.4 is 19.6 Å². The monoisotopic (exact) mass is 488 g/mol. The molecule has 0 radical (unpaired) electrons. The van der Waals surface area contributed by atoms with E-state index in [9.17, 15) is 4.79 Å². The lowest BCUT2D eigenvalue weighted by Gasteiger charge is -2.16. The van der Waals surface area contributed by atoms with Crippen molar-refractivity contribution in [2.75, 3.05) is 13.2 Å². The second-order valence-corrected chi connectivity index (χ2v) is 7.73. The summed E-state index contributed by atoms with van der Waals surface area (Å²) >= 11 is 3.51. The van der Waals surface area contributed by atoms with Crippen LogP contribution in [-0.2, 0) is 0 Å². The maximum atomic E-state index is 12.4. The number of fused-ring (bicyclic) bond motifs is 1. The van der Waals surface area contributed by atoms with Gasteiger partial charge in [-0.15, -0.1) is 0 Å². The maximum Gasteiger partial charge on any atom is 0.307 e. The minimum absolute atomic E-state index is 0.00253. The molecule has 0 atom stereocenters. The number of furan rings is 1. The summed E-state index contributed by atoms with van der Waals surface area (Å²) < 4.78 is 23.3. The fourth-order valence-electron chi connectivity index (χ4n) is 2.89. The summed E-state index contributed by atoms with van der Waals surface area (Å²) in [4.78, 5) is 12.4. The van der Waals surface area contributed by atoms with Gasteiger partial charge in [0, 0.05) is 5.39 Å². The molecule has 3 rings (SSSR count). The molecule has 0 fully saturated rings. The highest BCUT2D eigenvalue weighted by Gasteiger charge is 2.14. The number of hydrogen-bond acceptors (Lipinski definition) is 6. The molecule has 0 aliphatic rings. The van der Waals surface area contributed by atoms with Gasteiger partial charge in [-0.3, -0.25) is 4.79 Å². The molecule has 0 saturated heterocycles. The first-order valence-corrected chi connectivity index (χ1v) is 10.8. The number of halogens is 1. The van der Waals surface area contributed by atoms with Gasteiger partial charge in [0.25, 0.3) is 0 Å². The van der Waals surface area contributed by atoms with Gasteiger partial charge < -0.3 is 18.6 Å². The standard InChI is InChI=1S/C23H25BrN2O5/c1-5-28-17-7-8-19-16(11-17)12-21(31-19)23(27)26-25-13-15-9-18(24)22(30-14(3)4)20(10-15)29-6-2/h7-14H,5-6H2,1-4H3,(H,26,27)/b25-13+. The Hall–Kier alpha value is -3.00. The Balaban J connectivity index is 1.73. The van der Waals surface area contributed by atoms with Gasteiger partial charge in [-0.2, -0.15) is 5.10 Å². The van der Waals surface area contributed by atoms with Crippen molar-refractivity contribution in [1.82, 2.24) is 5.43 Å². The Labute approximate surface area is 189 Å². The number of benzene rings is 2. The first-order chi connectivity index (χ1) is 14.9. The molecule has 0 aliphatic heterocycles. The van der Waals surface area contributed by atoms with Gasteiger partial charge in [0.2, 0.25) is 0 Å². The Kier molecular flexibility index (Phi) is 7.57. The van der Waals surface area contributed by atoms with Gasteiger partial charge in [-0.1, -0.05) is 0 Å². The number of carbonyl (C=O) groups excluding carboxylic acids is 1. The van der Waals surface area contributed by atoms with Gasteiger partial charge in [-0.05, 0) is 85.6 Å². The zero-order valence-corrected chi connectivity index (χ0v) is 19.5. The van der Waals surface area contributed by atoms with Crippen LogP contribution >= 0.6 is 15.9 Å². The smallest absolute Gasteiger partial charge is 0.307 e. The number of nitrogens with zero attached hydrogens (tertiary/aromatic N) is 1. The van der Waals surface area contributed by atoms with E-state index >= 15 is 0 Å². The van der Waals surface area contributed by atoms with Crippen LogP contribution in [0, 0.1) is 0 Å². The first-order valence-electron chi connectivity index (χ1n) is 10.0. The zero-order valence-electron chi connectivity index (χ0n) is 17.9. The molecule has 8 heteroatoms. The average molecular weight is 489 g/mol. The van der Waals surface area contributed by atoms with E-state index in [-0.39, 0.29) is 11.9 Å². The fraction of sp³-hybridized carbons (Fsp3) is 0.304. The highest BCUT2D eigenvalue weighted by atomic mass is 79.9. The number of hydrogen-bond donors (Lipinski definition) is 1. The average Bonchev–Trinajstić information content (AvgIpc) is 3.14. The molecule has 3 aromatic rings. The molecule has 0 spiro atoms. The van der Waals surface area contributed by atoms with E-state index in [0.29, 0.717) is 30.3 Å². The zero-order chi connectivity index (χ0) is 22.4.